The van der Waals surface area contributed by atoms with Gasteiger partial charge >= 0.3 is 0 Å². The summed E-state index contributed by atoms with van der Waals surface area (Å²) in [5.41, 5.74) is 4.90. The molecule has 0 aliphatic heterocycles. The second-order valence-corrected chi connectivity index (χ2v) is 5.55. The van der Waals surface area contributed by atoms with Gasteiger partial charge in [0.15, 0.2) is 0 Å². The van der Waals surface area contributed by atoms with Crippen molar-refractivity contribution < 1.29 is 4.74 Å². The molecule has 0 radical (unpaired) electrons. The van der Waals surface area contributed by atoms with Gasteiger partial charge in [-0.15, -0.1) is 0 Å². The van der Waals surface area contributed by atoms with Crippen LogP contribution in [0.5, 0.6) is 11.5 Å². The van der Waals surface area contributed by atoms with Crippen LogP contribution in [0, 0.1) is 0 Å². The topological polar surface area (TPSA) is 47.3 Å². The second-order valence-electron chi connectivity index (χ2n) is 5.55. The molecule has 0 amide bonds. The Bertz CT molecular complexity index is 524. The number of nitrogen functional groups attached to an aromatic ring is 1. The molecular weight excluding hydrogens is 236 g/mol. The van der Waals surface area contributed by atoms with Gasteiger partial charge in [0.2, 0.25) is 0 Å². The van der Waals surface area contributed by atoms with Gasteiger partial charge in [0.25, 0.3) is 0 Å². The van der Waals surface area contributed by atoms with Gasteiger partial charge in [-0.1, -0.05) is 32.9 Å². The number of hydrogen-bond acceptors (Lipinski definition) is 3. The smallest absolute Gasteiger partial charge is 0.127 e. The standard InChI is InChI=1S/C16H20N2O/c1-16(2,3)12-4-8-14(9-5-12)19-15-10-6-13(18-17)7-11-15/h4-11,18H,17H2,1-3H3. The summed E-state index contributed by atoms with van der Waals surface area (Å²) in [6, 6.07) is 15.7. The van der Waals surface area contributed by atoms with Crippen molar-refractivity contribution in [2.24, 2.45) is 5.84 Å². The fourth-order valence-electron chi connectivity index (χ4n) is 1.78. The summed E-state index contributed by atoms with van der Waals surface area (Å²) in [4.78, 5) is 0. The zero-order valence-electron chi connectivity index (χ0n) is 11.6. The number of ether oxygens (including phenoxy) is 1. The third-order valence-electron chi connectivity index (χ3n) is 2.98. The van der Waals surface area contributed by atoms with Gasteiger partial charge in [0.05, 0.1) is 0 Å². The fourth-order valence-corrected chi connectivity index (χ4v) is 1.78. The summed E-state index contributed by atoms with van der Waals surface area (Å²) in [6.45, 7) is 6.59. The molecule has 0 aliphatic rings. The molecule has 0 fully saturated rings. The average Bonchev–Trinajstić information content (AvgIpc) is 2.39. The predicted molar refractivity (Wildman–Crippen MR) is 79.5 cm³/mol. The van der Waals surface area contributed by atoms with Crippen molar-refractivity contribution in [3.63, 3.8) is 0 Å². The van der Waals surface area contributed by atoms with E-state index in [0.717, 1.165) is 17.2 Å². The van der Waals surface area contributed by atoms with Gasteiger partial charge in [-0.05, 0) is 47.4 Å². The maximum Gasteiger partial charge on any atom is 0.127 e. The highest BCUT2D eigenvalue weighted by atomic mass is 16.5. The number of nitrogens with two attached hydrogens (primary N) is 1. The van der Waals surface area contributed by atoms with Crippen LogP contribution in [0.3, 0.4) is 0 Å². The van der Waals surface area contributed by atoms with Crippen LogP contribution in [0.25, 0.3) is 0 Å². The van der Waals surface area contributed by atoms with Crippen molar-refractivity contribution in [2.75, 3.05) is 5.43 Å². The van der Waals surface area contributed by atoms with Crippen LogP contribution in [0.1, 0.15) is 26.3 Å². The molecule has 0 spiro atoms. The molecule has 3 N–H and O–H groups in total. The van der Waals surface area contributed by atoms with Crippen LogP contribution in [-0.4, -0.2) is 0 Å². The van der Waals surface area contributed by atoms with Crippen LogP contribution < -0.4 is 16.0 Å². The Kier molecular flexibility index (Phi) is 3.76. The summed E-state index contributed by atoms with van der Waals surface area (Å²) in [6.07, 6.45) is 0. The summed E-state index contributed by atoms with van der Waals surface area (Å²) in [5.74, 6) is 6.95. The number of nitrogens with one attached hydrogen (secondary N) is 1. The summed E-state index contributed by atoms with van der Waals surface area (Å²) >= 11 is 0. The van der Waals surface area contributed by atoms with E-state index in [1.807, 2.05) is 36.4 Å². The molecule has 0 aromatic heterocycles. The van der Waals surface area contributed by atoms with Crippen LogP contribution >= 0.6 is 0 Å². The molecule has 0 heterocycles. The predicted octanol–water partition coefficient (Wildman–Crippen LogP) is 4.06. The van der Waals surface area contributed by atoms with Gasteiger partial charge in [-0.2, -0.15) is 0 Å². The van der Waals surface area contributed by atoms with Crippen LogP contribution in [0.15, 0.2) is 48.5 Å². The lowest BCUT2D eigenvalue weighted by atomic mass is 9.87. The SMILES string of the molecule is CC(C)(C)c1ccc(Oc2ccc(NN)cc2)cc1. The highest BCUT2D eigenvalue weighted by molar-refractivity contribution is 5.46. The summed E-state index contributed by atoms with van der Waals surface area (Å²) in [5, 5.41) is 0. The second kappa shape index (κ2) is 5.33. The van der Waals surface area contributed by atoms with Crippen molar-refractivity contribution in [3.8, 4) is 11.5 Å². The van der Waals surface area contributed by atoms with E-state index in [2.05, 4.69) is 38.3 Å². The fraction of sp³-hybridized carbons (Fsp3) is 0.250. The zero-order valence-corrected chi connectivity index (χ0v) is 11.6. The average molecular weight is 256 g/mol. The van der Waals surface area contributed by atoms with E-state index >= 15 is 0 Å². The van der Waals surface area contributed by atoms with E-state index in [1.54, 1.807) is 0 Å². The Morgan fingerprint density at radius 3 is 1.74 bits per heavy atom. The van der Waals surface area contributed by atoms with Crippen molar-refractivity contribution in [3.05, 3.63) is 54.1 Å². The Labute approximate surface area is 114 Å². The number of benzene rings is 2. The van der Waals surface area contributed by atoms with E-state index < -0.39 is 0 Å². The number of hydrogen-bond donors (Lipinski definition) is 2. The first-order valence-electron chi connectivity index (χ1n) is 6.34. The van der Waals surface area contributed by atoms with Crippen molar-refractivity contribution in [1.82, 2.24) is 0 Å². The molecule has 0 unspecified atom stereocenters. The lowest BCUT2D eigenvalue weighted by Crippen LogP contribution is -2.10. The Hall–Kier alpha value is -2.00. The van der Waals surface area contributed by atoms with Gasteiger partial charge in [0, 0.05) is 5.69 Å². The van der Waals surface area contributed by atoms with Crippen molar-refractivity contribution >= 4 is 5.69 Å². The van der Waals surface area contributed by atoms with Crippen LogP contribution in [0.2, 0.25) is 0 Å². The molecule has 2 rings (SSSR count). The lowest BCUT2D eigenvalue weighted by Gasteiger charge is -2.19. The third kappa shape index (κ3) is 3.48. The lowest BCUT2D eigenvalue weighted by molar-refractivity contribution is 0.481. The van der Waals surface area contributed by atoms with E-state index in [1.165, 1.54) is 5.56 Å². The first-order valence-corrected chi connectivity index (χ1v) is 6.34. The van der Waals surface area contributed by atoms with E-state index in [9.17, 15) is 0 Å². The molecule has 3 heteroatoms. The Morgan fingerprint density at radius 1 is 0.842 bits per heavy atom. The minimum absolute atomic E-state index is 0.160. The van der Waals surface area contributed by atoms with Crippen molar-refractivity contribution in [1.29, 1.82) is 0 Å². The van der Waals surface area contributed by atoms with Gasteiger partial charge in [-0.3, -0.25) is 5.84 Å². The molecule has 0 atom stereocenters. The monoisotopic (exact) mass is 256 g/mol. The van der Waals surface area contributed by atoms with E-state index in [4.69, 9.17) is 10.6 Å². The third-order valence-corrected chi connectivity index (χ3v) is 2.98. The molecule has 0 bridgehead atoms. The Morgan fingerprint density at radius 2 is 1.32 bits per heavy atom. The molecule has 3 nitrogen and oxygen atoms in total. The van der Waals surface area contributed by atoms with E-state index in [-0.39, 0.29) is 5.41 Å². The normalized spacial score (nSPS) is 11.2. The van der Waals surface area contributed by atoms with E-state index in [0.29, 0.717) is 0 Å². The molecule has 2 aromatic rings. The molecule has 19 heavy (non-hydrogen) atoms. The maximum absolute atomic E-state index is 5.78. The molecule has 100 valence electrons. The molecule has 0 aliphatic carbocycles. The number of anilines is 1. The first-order chi connectivity index (χ1) is 8.99. The van der Waals surface area contributed by atoms with Gasteiger partial charge < -0.3 is 10.2 Å². The highest BCUT2D eigenvalue weighted by Crippen LogP contribution is 2.27. The molecule has 0 saturated heterocycles. The summed E-state index contributed by atoms with van der Waals surface area (Å²) in [7, 11) is 0. The van der Waals surface area contributed by atoms with Gasteiger partial charge in [0.1, 0.15) is 11.5 Å². The molecule has 0 saturated carbocycles. The summed E-state index contributed by atoms with van der Waals surface area (Å²) < 4.78 is 5.78. The first kappa shape index (κ1) is 13.4. The quantitative estimate of drug-likeness (QED) is 0.643. The van der Waals surface area contributed by atoms with Crippen LogP contribution in [0.4, 0.5) is 5.69 Å². The highest BCUT2D eigenvalue weighted by Gasteiger charge is 2.12. The molecule has 2 aromatic carbocycles. The molecular formula is C16H20N2O. The largest absolute Gasteiger partial charge is 0.457 e. The maximum atomic E-state index is 5.78. The van der Waals surface area contributed by atoms with Gasteiger partial charge in [-0.25, -0.2) is 0 Å². The number of rotatable bonds is 3. The minimum atomic E-state index is 0.160. The van der Waals surface area contributed by atoms with Crippen molar-refractivity contribution in [2.45, 2.75) is 26.2 Å². The number of hydrazine groups is 1. The minimum Gasteiger partial charge on any atom is -0.457 e. The zero-order chi connectivity index (χ0) is 13.9. The Balaban J connectivity index is 2.10. The van der Waals surface area contributed by atoms with Crippen LogP contribution in [-0.2, 0) is 5.41 Å².